The molecule has 2 N–H and O–H groups in total. The molecule has 2 amide bonds. The lowest BCUT2D eigenvalue weighted by Gasteiger charge is -2.43. The van der Waals surface area contributed by atoms with Crippen LogP contribution in [0.4, 0.5) is 11.4 Å². The molecule has 1 atom stereocenters. The summed E-state index contributed by atoms with van der Waals surface area (Å²) in [7, 11) is 0. The van der Waals surface area contributed by atoms with E-state index in [2.05, 4.69) is 10.4 Å². The Morgan fingerprint density at radius 1 is 1.03 bits per heavy atom. The average Bonchev–Trinajstić information content (AvgIpc) is 2.74. The van der Waals surface area contributed by atoms with Gasteiger partial charge in [0.25, 0.3) is 11.5 Å². The number of hydrogen-bond donors (Lipinski definition) is 2. The van der Waals surface area contributed by atoms with Crippen molar-refractivity contribution in [1.29, 1.82) is 0 Å². The molecule has 158 valence electrons. The Morgan fingerprint density at radius 3 is 2.32 bits per heavy atom. The molecule has 0 bridgehead atoms. The van der Waals surface area contributed by atoms with Crippen molar-refractivity contribution in [2.75, 3.05) is 10.2 Å². The summed E-state index contributed by atoms with van der Waals surface area (Å²) < 4.78 is 0.874. The standard InChI is InChI=1S/C22H20N4O5/c1-12(26-19(28)14-9-5-4-8-13(14)17(24-26)20(29)30)18(27)25-16-11-7-6-10-15(16)23-21(31)22(25,2)3/h4-12H,1-3H3,(H,23,31)(H,29,30)/t12-/m1/s1. The maximum Gasteiger partial charge on any atom is 0.357 e. The van der Waals surface area contributed by atoms with E-state index >= 15 is 0 Å². The Bertz CT molecular complexity index is 1310. The number of rotatable bonds is 3. The highest BCUT2D eigenvalue weighted by Gasteiger charge is 2.45. The van der Waals surface area contributed by atoms with E-state index < -0.39 is 29.0 Å². The van der Waals surface area contributed by atoms with Crippen LogP contribution in [0.15, 0.2) is 53.3 Å². The van der Waals surface area contributed by atoms with Crippen LogP contribution in [0.5, 0.6) is 0 Å². The molecule has 0 aliphatic carbocycles. The zero-order chi connectivity index (χ0) is 22.5. The summed E-state index contributed by atoms with van der Waals surface area (Å²) in [5.41, 5.74) is -1.20. The molecule has 2 aromatic carbocycles. The van der Waals surface area contributed by atoms with Crippen LogP contribution in [-0.4, -0.2) is 38.2 Å². The molecular weight excluding hydrogens is 400 g/mol. The van der Waals surface area contributed by atoms with Gasteiger partial charge in [-0.2, -0.15) is 5.10 Å². The fourth-order valence-electron chi connectivity index (χ4n) is 3.76. The van der Waals surface area contributed by atoms with Crippen molar-refractivity contribution in [3.05, 3.63) is 64.6 Å². The summed E-state index contributed by atoms with van der Waals surface area (Å²) in [5, 5.41) is 16.7. The number of carbonyl (C=O) groups excluding carboxylic acids is 2. The Labute approximate surface area is 176 Å². The average molecular weight is 420 g/mol. The molecule has 1 aliphatic heterocycles. The molecule has 9 heteroatoms. The minimum absolute atomic E-state index is 0.144. The van der Waals surface area contributed by atoms with Crippen LogP contribution in [0.1, 0.15) is 37.3 Å². The molecule has 0 saturated heterocycles. The van der Waals surface area contributed by atoms with Gasteiger partial charge in [-0.25, -0.2) is 9.48 Å². The first kappa shape index (κ1) is 20.3. The van der Waals surface area contributed by atoms with Crippen LogP contribution in [0.25, 0.3) is 10.8 Å². The maximum absolute atomic E-state index is 13.6. The van der Waals surface area contributed by atoms with E-state index in [1.807, 2.05) is 0 Å². The number of carbonyl (C=O) groups is 3. The number of aromatic carboxylic acids is 1. The monoisotopic (exact) mass is 420 g/mol. The van der Waals surface area contributed by atoms with E-state index in [0.717, 1.165) is 4.68 Å². The Kier molecular flexibility index (Phi) is 4.61. The molecule has 0 saturated carbocycles. The largest absolute Gasteiger partial charge is 0.476 e. The third-order valence-electron chi connectivity index (χ3n) is 5.48. The van der Waals surface area contributed by atoms with Crippen LogP contribution < -0.4 is 15.8 Å². The molecule has 31 heavy (non-hydrogen) atoms. The highest BCUT2D eigenvalue weighted by molar-refractivity contribution is 6.14. The molecule has 2 heterocycles. The normalized spacial score (nSPS) is 15.8. The number of para-hydroxylation sites is 2. The lowest BCUT2D eigenvalue weighted by atomic mass is 9.95. The Morgan fingerprint density at radius 2 is 1.65 bits per heavy atom. The van der Waals surface area contributed by atoms with Gasteiger partial charge < -0.3 is 10.4 Å². The fourth-order valence-corrected chi connectivity index (χ4v) is 3.76. The van der Waals surface area contributed by atoms with Crippen molar-refractivity contribution in [1.82, 2.24) is 9.78 Å². The second kappa shape index (κ2) is 7.05. The lowest BCUT2D eigenvalue weighted by Crippen LogP contribution is -2.60. The van der Waals surface area contributed by atoms with E-state index in [0.29, 0.717) is 11.4 Å². The van der Waals surface area contributed by atoms with Gasteiger partial charge in [-0.15, -0.1) is 0 Å². The molecule has 9 nitrogen and oxygen atoms in total. The molecule has 0 unspecified atom stereocenters. The van der Waals surface area contributed by atoms with Crippen LogP contribution in [-0.2, 0) is 9.59 Å². The summed E-state index contributed by atoms with van der Waals surface area (Å²) in [4.78, 5) is 52.4. The number of carboxylic acids is 1. The van der Waals surface area contributed by atoms with Crippen LogP contribution in [0.2, 0.25) is 0 Å². The van der Waals surface area contributed by atoms with E-state index in [1.165, 1.54) is 24.0 Å². The Hall–Kier alpha value is -4.01. The minimum Gasteiger partial charge on any atom is -0.476 e. The second-order valence-corrected chi connectivity index (χ2v) is 7.83. The number of fused-ring (bicyclic) bond motifs is 2. The summed E-state index contributed by atoms with van der Waals surface area (Å²) in [5.74, 6) is -2.25. The fraction of sp³-hybridized carbons (Fsp3) is 0.227. The SMILES string of the molecule is C[C@H](C(=O)N1c2ccccc2NC(=O)C1(C)C)n1nc(C(=O)O)c2ccccc2c1=O. The van der Waals surface area contributed by atoms with Gasteiger partial charge in [-0.05, 0) is 39.0 Å². The van der Waals surface area contributed by atoms with Crippen molar-refractivity contribution < 1.29 is 19.5 Å². The van der Waals surface area contributed by atoms with Crippen molar-refractivity contribution in [2.45, 2.75) is 32.4 Å². The quantitative estimate of drug-likeness (QED) is 0.671. The van der Waals surface area contributed by atoms with Crippen LogP contribution in [0, 0.1) is 0 Å². The van der Waals surface area contributed by atoms with Crippen molar-refractivity contribution in [3.8, 4) is 0 Å². The number of anilines is 2. The molecular formula is C22H20N4O5. The molecule has 0 fully saturated rings. The zero-order valence-corrected chi connectivity index (χ0v) is 17.1. The van der Waals surface area contributed by atoms with Crippen LogP contribution in [0.3, 0.4) is 0 Å². The molecule has 0 spiro atoms. The highest BCUT2D eigenvalue weighted by atomic mass is 16.4. The van der Waals surface area contributed by atoms with E-state index in [-0.39, 0.29) is 22.4 Å². The van der Waals surface area contributed by atoms with Gasteiger partial charge in [0.15, 0.2) is 5.69 Å². The summed E-state index contributed by atoms with van der Waals surface area (Å²) in [6, 6.07) is 11.9. The first-order valence-electron chi connectivity index (χ1n) is 9.64. The van der Waals surface area contributed by atoms with Gasteiger partial charge in [0.05, 0.1) is 16.8 Å². The number of nitrogens with zero attached hydrogens (tertiary/aromatic N) is 3. The molecule has 1 aliphatic rings. The number of carboxylic acid groups (broad SMARTS) is 1. The second-order valence-electron chi connectivity index (χ2n) is 7.83. The van der Waals surface area contributed by atoms with Gasteiger partial charge in [-0.1, -0.05) is 30.3 Å². The number of nitrogens with one attached hydrogen (secondary N) is 1. The Balaban J connectivity index is 1.88. The van der Waals surface area contributed by atoms with Crippen LogP contribution >= 0.6 is 0 Å². The summed E-state index contributed by atoms with van der Waals surface area (Å²) in [6.07, 6.45) is 0. The zero-order valence-electron chi connectivity index (χ0n) is 17.1. The summed E-state index contributed by atoms with van der Waals surface area (Å²) in [6.45, 7) is 4.66. The van der Waals surface area contributed by atoms with Crippen molar-refractivity contribution in [2.24, 2.45) is 0 Å². The number of amides is 2. The van der Waals surface area contributed by atoms with Gasteiger partial charge >= 0.3 is 5.97 Å². The number of aromatic nitrogens is 2. The van der Waals surface area contributed by atoms with Gasteiger partial charge in [-0.3, -0.25) is 19.3 Å². The number of benzene rings is 2. The first-order valence-corrected chi connectivity index (χ1v) is 9.64. The molecule has 3 aromatic rings. The molecule has 0 radical (unpaired) electrons. The topological polar surface area (TPSA) is 122 Å². The third kappa shape index (κ3) is 3.05. The highest BCUT2D eigenvalue weighted by Crippen LogP contribution is 2.38. The van der Waals surface area contributed by atoms with Gasteiger partial charge in [0, 0.05) is 5.39 Å². The molecule has 4 rings (SSSR count). The lowest BCUT2D eigenvalue weighted by molar-refractivity contribution is -0.128. The summed E-state index contributed by atoms with van der Waals surface area (Å²) >= 11 is 0. The van der Waals surface area contributed by atoms with E-state index in [9.17, 15) is 24.3 Å². The first-order chi connectivity index (χ1) is 14.6. The van der Waals surface area contributed by atoms with Crippen molar-refractivity contribution >= 4 is 39.9 Å². The molecule has 1 aromatic heterocycles. The van der Waals surface area contributed by atoms with E-state index in [4.69, 9.17) is 0 Å². The minimum atomic E-state index is -1.31. The smallest absolute Gasteiger partial charge is 0.357 e. The van der Waals surface area contributed by atoms with Crippen molar-refractivity contribution in [3.63, 3.8) is 0 Å². The predicted molar refractivity (Wildman–Crippen MR) is 114 cm³/mol. The third-order valence-corrected chi connectivity index (χ3v) is 5.48. The van der Waals surface area contributed by atoms with Gasteiger partial charge in [0.2, 0.25) is 5.91 Å². The van der Waals surface area contributed by atoms with E-state index in [1.54, 1.807) is 50.2 Å². The maximum atomic E-state index is 13.6. The number of hydrogen-bond acceptors (Lipinski definition) is 5. The predicted octanol–water partition coefficient (Wildman–Crippen LogP) is 2.42. The van der Waals surface area contributed by atoms with Gasteiger partial charge in [0.1, 0.15) is 11.6 Å².